The normalized spacial score (nSPS) is 12.9. The zero-order chi connectivity index (χ0) is 10.1. The Hall–Kier alpha value is -1.82. The molecule has 0 bridgehead atoms. The number of nitro groups is 1. The lowest BCUT2D eigenvalue weighted by molar-refractivity contribution is -0.386. The summed E-state index contributed by atoms with van der Waals surface area (Å²) in [6, 6.07) is 2.99. The fourth-order valence-electron chi connectivity index (χ4n) is 1.33. The SMILES string of the molecule is O=[N+]([O-])c1c(CO)ccc2c1OCO2. The van der Waals surface area contributed by atoms with Crippen LogP contribution in [0.3, 0.4) is 0 Å². The van der Waals surface area contributed by atoms with Crippen molar-refractivity contribution in [2.75, 3.05) is 6.79 Å². The average Bonchev–Trinajstić information content (AvgIpc) is 2.62. The Bertz CT molecular complexity index is 390. The van der Waals surface area contributed by atoms with Crippen molar-refractivity contribution in [3.8, 4) is 11.5 Å². The lowest BCUT2D eigenvalue weighted by Gasteiger charge is -2.01. The molecule has 1 aromatic carbocycles. The van der Waals surface area contributed by atoms with Crippen LogP contribution in [0.4, 0.5) is 5.69 Å². The molecule has 0 aliphatic carbocycles. The molecule has 0 atom stereocenters. The summed E-state index contributed by atoms with van der Waals surface area (Å²) >= 11 is 0. The minimum atomic E-state index is -0.584. The van der Waals surface area contributed by atoms with Gasteiger partial charge in [0, 0.05) is 0 Å². The fraction of sp³-hybridized carbons (Fsp3) is 0.250. The molecule has 1 aliphatic heterocycles. The Morgan fingerprint density at radius 1 is 1.50 bits per heavy atom. The third kappa shape index (κ3) is 1.16. The van der Waals surface area contributed by atoms with Gasteiger partial charge in [0.05, 0.1) is 17.1 Å². The molecule has 0 saturated carbocycles. The first-order chi connectivity index (χ1) is 6.74. The van der Waals surface area contributed by atoms with Crippen molar-refractivity contribution in [2.45, 2.75) is 6.61 Å². The second-order valence-corrected chi connectivity index (χ2v) is 2.72. The highest BCUT2D eigenvalue weighted by molar-refractivity contribution is 5.61. The van der Waals surface area contributed by atoms with E-state index in [1.807, 2.05) is 0 Å². The molecule has 0 unspecified atom stereocenters. The van der Waals surface area contributed by atoms with E-state index < -0.39 is 11.5 Å². The summed E-state index contributed by atoms with van der Waals surface area (Å²) in [5.41, 5.74) is 0.00162. The molecule has 1 heterocycles. The van der Waals surface area contributed by atoms with Crippen molar-refractivity contribution in [3.63, 3.8) is 0 Å². The number of ether oxygens (including phenoxy) is 2. The number of aliphatic hydroxyl groups is 1. The number of hydrogen-bond acceptors (Lipinski definition) is 5. The first-order valence-electron chi connectivity index (χ1n) is 3.90. The van der Waals surface area contributed by atoms with Crippen LogP contribution < -0.4 is 9.47 Å². The summed E-state index contributed by atoms with van der Waals surface area (Å²) < 4.78 is 9.94. The van der Waals surface area contributed by atoms with Gasteiger partial charge in [-0.15, -0.1) is 0 Å². The van der Waals surface area contributed by atoms with Crippen molar-refractivity contribution < 1.29 is 19.5 Å². The number of fused-ring (bicyclic) bond motifs is 1. The molecule has 0 radical (unpaired) electrons. The summed E-state index contributed by atoms with van der Waals surface area (Å²) in [6.07, 6.45) is 0. The third-order valence-corrected chi connectivity index (χ3v) is 1.95. The van der Waals surface area contributed by atoms with Gasteiger partial charge in [0.15, 0.2) is 5.75 Å². The number of nitrogens with zero attached hydrogens (tertiary/aromatic N) is 1. The molecule has 0 spiro atoms. The molecule has 6 nitrogen and oxygen atoms in total. The molecule has 2 rings (SSSR count). The average molecular weight is 197 g/mol. The van der Waals surface area contributed by atoms with Gasteiger partial charge in [-0.1, -0.05) is 0 Å². The zero-order valence-electron chi connectivity index (χ0n) is 7.10. The predicted molar refractivity (Wildman–Crippen MR) is 45.1 cm³/mol. The van der Waals surface area contributed by atoms with E-state index in [-0.39, 0.29) is 23.8 Å². The summed E-state index contributed by atoms with van der Waals surface area (Å²) in [5, 5.41) is 19.6. The molecule has 1 aliphatic rings. The van der Waals surface area contributed by atoms with E-state index >= 15 is 0 Å². The molecule has 1 N–H and O–H groups in total. The van der Waals surface area contributed by atoms with Crippen LogP contribution in [0.1, 0.15) is 5.56 Å². The van der Waals surface area contributed by atoms with Crippen molar-refractivity contribution >= 4 is 5.69 Å². The summed E-state index contributed by atoms with van der Waals surface area (Å²) in [4.78, 5) is 10.1. The topological polar surface area (TPSA) is 81.8 Å². The lowest BCUT2D eigenvalue weighted by Crippen LogP contribution is -1.98. The number of hydrogen-bond donors (Lipinski definition) is 1. The molecule has 0 aromatic heterocycles. The maximum atomic E-state index is 10.7. The molecule has 0 saturated heterocycles. The molecule has 0 fully saturated rings. The maximum Gasteiger partial charge on any atom is 0.320 e. The van der Waals surface area contributed by atoms with Gasteiger partial charge in [0.25, 0.3) is 0 Å². The zero-order valence-corrected chi connectivity index (χ0v) is 7.10. The number of aliphatic hydroxyl groups excluding tert-OH is 1. The van der Waals surface area contributed by atoms with Crippen molar-refractivity contribution in [1.82, 2.24) is 0 Å². The predicted octanol–water partition coefficient (Wildman–Crippen LogP) is 0.816. The minimum absolute atomic E-state index is 0.0228. The van der Waals surface area contributed by atoms with E-state index in [9.17, 15) is 10.1 Å². The van der Waals surface area contributed by atoms with Gasteiger partial charge in [0.1, 0.15) is 0 Å². The van der Waals surface area contributed by atoms with Crippen molar-refractivity contribution in [1.29, 1.82) is 0 Å². The summed E-state index contributed by atoms with van der Waals surface area (Å²) in [7, 11) is 0. The first-order valence-corrected chi connectivity index (χ1v) is 3.90. The van der Waals surface area contributed by atoms with Crippen molar-refractivity contribution in [2.24, 2.45) is 0 Å². The van der Waals surface area contributed by atoms with Crippen LogP contribution in [0.25, 0.3) is 0 Å². The van der Waals surface area contributed by atoms with Gasteiger partial charge in [-0.25, -0.2) is 0 Å². The van der Waals surface area contributed by atoms with Crippen LogP contribution in [-0.2, 0) is 6.61 Å². The second-order valence-electron chi connectivity index (χ2n) is 2.72. The van der Waals surface area contributed by atoms with Crippen LogP contribution in [-0.4, -0.2) is 16.8 Å². The highest BCUT2D eigenvalue weighted by Gasteiger charge is 2.28. The second kappa shape index (κ2) is 3.15. The molecule has 14 heavy (non-hydrogen) atoms. The van der Waals surface area contributed by atoms with Crippen molar-refractivity contribution in [3.05, 3.63) is 27.8 Å². The molecule has 6 heteroatoms. The quantitative estimate of drug-likeness (QED) is 0.560. The van der Waals surface area contributed by atoms with Gasteiger partial charge in [0.2, 0.25) is 12.5 Å². The highest BCUT2D eigenvalue weighted by atomic mass is 16.7. The highest BCUT2D eigenvalue weighted by Crippen LogP contribution is 2.42. The first kappa shape index (κ1) is 8.76. The number of rotatable bonds is 2. The van der Waals surface area contributed by atoms with E-state index in [0.29, 0.717) is 5.75 Å². The van der Waals surface area contributed by atoms with Crippen LogP contribution in [0.2, 0.25) is 0 Å². The number of nitro benzene ring substituents is 1. The Morgan fingerprint density at radius 3 is 2.93 bits per heavy atom. The Morgan fingerprint density at radius 2 is 2.29 bits per heavy atom. The van der Waals surface area contributed by atoms with E-state index in [1.165, 1.54) is 6.07 Å². The maximum absolute atomic E-state index is 10.7. The van der Waals surface area contributed by atoms with Crippen LogP contribution in [0.15, 0.2) is 12.1 Å². The van der Waals surface area contributed by atoms with Gasteiger partial charge < -0.3 is 14.6 Å². The summed E-state index contributed by atoms with van der Waals surface area (Å²) in [5.74, 6) is 0.440. The third-order valence-electron chi connectivity index (χ3n) is 1.95. The van der Waals surface area contributed by atoms with Crippen LogP contribution in [0, 0.1) is 10.1 Å². The molecule has 1 aromatic rings. The summed E-state index contributed by atoms with van der Waals surface area (Å²) in [6.45, 7) is -0.419. The van der Waals surface area contributed by atoms with Gasteiger partial charge in [-0.3, -0.25) is 10.1 Å². The minimum Gasteiger partial charge on any atom is -0.453 e. The Balaban J connectivity index is 2.62. The molecule has 0 amide bonds. The fourth-order valence-corrected chi connectivity index (χ4v) is 1.33. The number of benzene rings is 1. The Labute approximate surface area is 78.8 Å². The molecular formula is C8H7NO5. The molecular weight excluding hydrogens is 190 g/mol. The smallest absolute Gasteiger partial charge is 0.320 e. The van der Waals surface area contributed by atoms with E-state index in [1.54, 1.807) is 6.07 Å². The van der Waals surface area contributed by atoms with Gasteiger partial charge >= 0.3 is 5.69 Å². The lowest BCUT2D eigenvalue weighted by atomic mass is 10.1. The van der Waals surface area contributed by atoms with E-state index in [0.717, 1.165) is 0 Å². The largest absolute Gasteiger partial charge is 0.453 e. The molecule has 74 valence electrons. The van der Waals surface area contributed by atoms with E-state index in [4.69, 9.17) is 14.6 Å². The van der Waals surface area contributed by atoms with Gasteiger partial charge in [-0.05, 0) is 12.1 Å². The van der Waals surface area contributed by atoms with E-state index in [2.05, 4.69) is 0 Å². The van der Waals surface area contributed by atoms with Gasteiger partial charge in [-0.2, -0.15) is 0 Å². The van der Waals surface area contributed by atoms with Crippen LogP contribution >= 0.6 is 0 Å². The van der Waals surface area contributed by atoms with Crippen LogP contribution in [0.5, 0.6) is 11.5 Å². The Kier molecular flexibility index (Phi) is 1.97. The standard InChI is InChI=1S/C8H7NO5/c10-3-5-1-2-6-8(14-4-13-6)7(5)9(11)12/h1-2,10H,3-4H2. The monoisotopic (exact) mass is 197 g/mol.